The highest BCUT2D eigenvalue weighted by molar-refractivity contribution is 6.05. The first kappa shape index (κ1) is 13.6. The van der Waals surface area contributed by atoms with Gasteiger partial charge in [-0.1, -0.05) is 0 Å². The molecule has 5 heteroatoms. The largest absolute Gasteiger partial charge is 0.345 e. The monoisotopic (exact) mass is 267 g/mol. The molecule has 5 nitrogen and oxygen atoms in total. The summed E-state index contributed by atoms with van der Waals surface area (Å²) in [5.41, 5.74) is 2.04. The number of carbonyl (C=O) groups excluding carboxylic acids is 2. The van der Waals surface area contributed by atoms with Crippen LogP contribution in [0.15, 0.2) is 42.9 Å². The van der Waals surface area contributed by atoms with Gasteiger partial charge in [0.05, 0.1) is 6.20 Å². The topological polar surface area (TPSA) is 64.8 Å². The molecule has 0 saturated heterocycles. The van der Waals surface area contributed by atoms with Crippen molar-refractivity contribution in [1.82, 2.24) is 14.5 Å². The average molecular weight is 267 g/mol. The summed E-state index contributed by atoms with van der Waals surface area (Å²) < 4.78 is 1.88. The lowest BCUT2D eigenvalue weighted by Gasteiger charge is -2.00. The molecule has 0 spiro atoms. The van der Waals surface area contributed by atoms with E-state index in [-0.39, 0.29) is 5.78 Å². The lowest BCUT2D eigenvalue weighted by molar-refractivity contribution is -0.104. The third-order valence-electron chi connectivity index (χ3n) is 2.77. The van der Waals surface area contributed by atoms with Gasteiger partial charge < -0.3 is 4.57 Å². The van der Waals surface area contributed by atoms with E-state index in [1.807, 2.05) is 23.7 Å². The van der Waals surface area contributed by atoms with Crippen LogP contribution < -0.4 is 0 Å². The van der Waals surface area contributed by atoms with Crippen molar-refractivity contribution >= 4 is 24.2 Å². The predicted molar refractivity (Wildman–Crippen MR) is 75.9 cm³/mol. The first-order valence-corrected chi connectivity index (χ1v) is 5.98. The van der Waals surface area contributed by atoms with Crippen LogP contribution in [0.4, 0.5) is 0 Å². The lowest BCUT2D eigenvalue weighted by Crippen LogP contribution is -1.99. The SMILES string of the molecule is Cn1c(/C=C/C=O)ccc1/C=C/C(=O)c1cnccn1. The molecule has 0 aromatic carbocycles. The van der Waals surface area contributed by atoms with E-state index in [2.05, 4.69) is 9.97 Å². The predicted octanol–water partition coefficient (Wildman–Crippen LogP) is 1.92. The molecule has 0 N–H and O–H groups in total. The molecule has 0 aliphatic rings. The molecule has 0 atom stereocenters. The van der Waals surface area contributed by atoms with Crippen molar-refractivity contribution in [3.05, 3.63) is 60.0 Å². The van der Waals surface area contributed by atoms with Gasteiger partial charge in [0.25, 0.3) is 0 Å². The molecule has 2 aromatic rings. The molecule has 20 heavy (non-hydrogen) atoms. The molecule has 0 fully saturated rings. The number of hydrogen-bond acceptors (Lipinski definition) is 4. The first-order valence-electron chi connectivity index (χ1n) is 5.98. The summed E-state index contributed by atoms with van der Waals surface area (Å²) in [5, 5.41) is 0. The van der Waals surface area contributed by atoms with Crippen LogP contribution in [0.3, 0.4) is 0 Å². The Bertz CT molecular complexity index is 670. The fourth-order valence-corrected chi connectivity index (χ4v) is 1.69. The fraction of sp³-hybridized carbons (Fsp3) is 0.0667. The molecule has 0 unspecified atom stereocenters. The van der Waals surface area contributed by atoms with Gasteiger partial charge in [-0.3, -0.25) is 14.6 Å². The van der Waals surface area contributed by atoms with E-state index < -0.39 is 0 Å². The van der Waals surface area contributed by atoms with Crippen molar-refractivity contribution in [1.29, 1.82) is 0 Å². The maximum atomic E-state index is 11.8. The Kier molecular flexibility index (Phi) is 4.34. The summed E-state index contributed by atoms with van der Waals surface area (Å²) in [5.74, 6) is -0.204. The van der Waals surface area contributed by atoms with Gasteiger partial charge in [0, 0.05) is 30.8 Å². The minimum Gasteiger partial charge on any atom is -0.345 e. The van der Waals surface area contributed by atoms with E-state index in [4.69, 9.17) is 0 Å². The minimum atomic E-state index is -0.204. The Morgan fingerprint density at radius 3 is 2.60 bits per heavy atom. The second kappa shape index (κ2) is 6.38. The zero-order valence-electron chi connectivity index (χ0n) is 10.9. The van der Waals surface area contributed by atoms with E-state index >= 15 is 0 Å². The number of rotatable bonds is 5. The van der Waals surface area contributed by atoms with Crippen LogP contribution in [0.2, 0.25) is 0 Å². The molecule has 0 bridgehead atoms. The molecule has 2 rings (SSSR count). The van der Waals surface area contributed by atoms with Crippen LogP contribution in [-0.4, -0.2) is 26.6 Å². The standard InChI is InChI=1S/C15H13N3O2/c1-18-12(3-2-10-19)4-5-13(18)6-7-15(20)14-11-16-8-9-17-14/h2-11H,1H3/b3-2+,7-6+. The van der Waals surface area contributed by atoms with Crippen LogP contribution in [0.25, 0.3) is 12.2 Å². The zero-order valence-corrected chi connectivity index (χ0v) is 10.9. The molecule has 0 saturated carbocycles. The highest BCUT2D eigenvalue weighted by Gasteiger charge is 2.04. The molecule has 2 heterocycles. The van der Waals surface area contributed by atoms with Crippen molar-refractivity contribution in [2.45, 2.75) is 0 Å². The van der Waals surface area contributed by atoms with Crippen LogP contribution >= 0.6 is 0 Å². The van der Waals surface area contributed by atoms with E-state index in [0.29, 0.717) is 5.69 Å². The van der Waals surface area contributed by atoms with Crippen LogP contribution in [0, 0.1) is 0 Å². The number of hydrogen-bond donors (Lipinski definition) is 0. The summed E-state index contributed by atoms with van der Waals surface area (Å²) in [6.07, 6.45) is 11.4. The Labute approximate surface area is 116 Å². The highest BCUT2D eigenvalue weighted by atomic mass is 16.1. The molecular weight excluding hydrogens is 254 g/mol. The van der Waals surface area contributed by atoms with Gasteiger partial charge in [-0.25, -0.2) is 4.98 Å². The summed E-state index contributed by atoms with van der Waals surface area (Å²) in [6.45, 7) is 0. The van der Waals surface area contributed by atoms with E-state index in [9.17, 15) is 9.59 Å². The second-order valence-electron chi connectivity index (χ2n) is 4.03. The summed E-state index contributed by atoms with van der Waals surface area (Å²) in [7, 11) is 1.86. The van der Waals surface area contributed by atoms with E-state index in [0.717, 1.165) is 17.7 Å². The number of allylic oxidation sites excluding steroid dienone is 2. The average Bonchev–Trinajstić information content (AvgIpc) is 2.84. The first-order chi connectivity index (χ1) is 9.72. The van der Waals surface area contributed by atoms with Gasteiger partial charge in [-0.15, -0.1) is 0 Å². The third kappa shape index (κ3) is 3.14. The number of carbonyl (C=O) groups is 2. The van der Waals surface area contributed by atoms with Gasteiger partial charge >= 0.3 is 0 Å². The van der Waals surface area contributed by atoms with Gasteiger partial charge in [-0.2, -0.15) is 0 Å². The molecule has 0 aliphatic heterocycles. The number of aldehydes is 1. The quantitative estimate of drug-likeness (QED) is 0.471. The molecular formula is C15H13N3O2. The minimum absolute atomic E-state index is 0.204. The summed E-state index contributed by atoms with van der Waals surface area (Å²) in [4.78, 5) is 29.9. The van der Waals surface area contributed by atoms with E-state index in [1.165, 1.54) is 30.7 Å². The number of aromatic nitrogens is 3. The summed E-state index contributed by atoms with van der Waals surface area (Å²) >= 11 is 0. The molecule has 100 valence electrons. The van der Waals surface area contributed by atoms with Gasteiger partial charge in [0.1, 0.15) is 12.0 Å². The van der Waals surface area contributed by atoms with Gasteiger partial charge in [0.15, 0.2) is 0 Å². The van der Waals surface area contributed by atoms with Crippen molar-refractivity contribution < 1.29 is 9.59 Å². The Balaban J connectivity index is 2.16. The van der Waals surface area contributed by atoms with Gasteiger partial charge in [0.2, 0.25) is 5.78 Å². The van der Waals surface area contributed by atoms with Crippen molar-refractivity contribution in [2.75, 3.05) is 0 Å². The third-order valence-corrected chi connectivity index (χ3v) is 2.77. The Hall–Kier alpha value is -2.82. The zero-order chi connectivity index (χ0) is 14.4. The van der Waals surface area contributed by atoms with Crippen LogP contribution in [0.5, 0.6) is 0 Å². The maximum absolute atomic E-state index is 11.8. The highest BCUT2D eigenvalue weighted by Crippen LogP contribution is 2.11. The Morgan fingerprint density at radius 2 is 1.95 bits per heavy atom. The van der Waals surface area contributed by atoms with E-state index in [1.54, 1.807) is 12.2 Å². The summed E-state index contributed by atoms with van der Waals surface area (Å²) in [6, 6.07) is 3.73. The van der Waals surface area contributed by atoms with Crippen molar-refractivity contribution in [3.8, 4) is 0 Å². The van der Waals surface area contributed by atoms with Crippen molar-refractivity contribution in [3.63, 3.8) is 0 Å². The molecule has 0 amide bonds. The Morgan fingerprint density at radius 1 is 1.20 bits per heavy atom. The lowest BCUT2D eigenvalue weighted by atomic mass is 10.2. The van der Waals surface area contributed by atoms with Gasteiger partial charge in [-0.05, 0) is 36.4 Å². The fourth-order valence-electron chi connectivity index (χ4n) is 1.69. The second-order valence-corrected chi connectivity index (χ2v) is 4.03. The molecule has 0 aliphatic carbocycles. The smallest absolute Gasteiger partial charge is 0.205 e. The van der Waals surface area contributed by atoms with Crippen LogP contribution in [-0.2, 0) is 11.8 Å². The normalized spacial score (nSPS) is 11.2. The van der Waals surface area contributed by atoms with Crippen molar-refractivity contribution in [2.24, 2.45) is 7.05 Å². The molecule has 0 radical (unpaired) electrons. The molecule has 2 aromatic heterocycles. The number of nitrogens with zero attached hydrogens (tertiary/aromatic N) is 3. The maximum Gasteiger partial charge on any atom is 0.205 e. The number of ketones is 1. The van der Waals surface area contributed by atoms with Crippen LogP contribution in [0.1, 0.15) is 21.9 Å².